The van der Waals surface area contributed by atoms with E-state index in [9.17, 15) is 4.79 Å². The van der Waals surface area contributed by atoms with Crippen LogP contribution in [0.1, 0.15) is 71.1 Å². The zero-order valence-corrected chi connectivity index (χ0v) is 17.4. The second-order valence-electron chi connectivity index (χ2n) is 6.88. The molecule has 4 nitrogen and oxygen atoms in total. The Labute approximate surface area is 150 Å². The first-order chi connectivity index (χ1) is 11.5. The Morgan fingerprint density at radius 3 is 1.92 bits per heavy atom. The van der Waals surface area contributed by atoms with Crippen LogP contribution in [0.25, 0.3) is 0 Å². The highest BCUT2D eigenvalue weighted by Gasteiger charge is 2.27. The van der Waals surface area contributed by atoms with E-state index in [0.29, 0.717) is 0 Å². The maximum atomic E-state index is 11.2. The number of unbranched alkanes of at least 4 members (excludes halogenated alkanes) is 8. The summed E-state index contributed by atoms with van der Waals surface area (Å²) in [5, 5.41) is 2.91. The van der Waals surface area contributed by atoms with Crippen LogP contribution in [0, 0.1) is 0 Å². The summed E-state index contributed by atoms with van der Waals surface area (Å²) in [6, 6.07) is 1.35. The minimum absolute atomic E-state index is 0.0681. The lowest BCUT2D eigenvalue weighted by Gasteiger charge is -2.22. The van der Waals surface area contributed by atoms with E-state index in [-0.39, 0.29) is 11.9 Å². The van der Waals surface area contributed by atoms with Gasteiger partial charge in [-0.2, -0.15) is 0 Å². The third-order valence-corrected chi connectivity index (χ3v) is 7.69. The summed E-state index contributed by atoms with van der Waals surface area (Å²) in [6.45, 7) is 7.66. The van der Waals surface area contributed by atoms with Gasteiger partial charge in [0, 0.05) is 20.3 Å². The fourth-order valence-electron chi connectivity index (χ4n) is 2.80. The van der Waals surface area contributed by atoms with Gasteiger partial charge >= 0.3 is 8.56 Å². The highest BCUT2D eigenvalue weighted by atomic mass is 28.4. The first-order valence-electron chi connectivity index (χ1n) is 9.50. The molecule has 0 saturated carbocycles. The van der Waals surface area contributed by atoms with Crippen LogP contribution in [0.2, 0.25) is 12.6 Å². The molecule has 0 aromatic rings. The molecular formula is C19H39NO3Si. The standard InChI is InChI=1S/C19H39NO3Si/c1-6-19(21)20-18(2)16-14-12-10-8-7-9-11-13-15-17-24(5,22-3)23-4/h6,18H,1,7-17H2,2-5H3,(H,20,21). The SMILES string of the molecule is C=CC(=O)NC(C)CCCCCCCCCCC[Si](C)(OC)OC. The Balaban J connectivity index is 3.34. The van der Waals surface area contributed by atoms with E-state index < -0.39 is 8.56 Å². The number of rotatable bonds is 16. The normalized spacial score (nSPS) is 12.8. The third-order valence-electron chi connectivity index (χ3n) is 4.71. The topological polar surface area (TPSA) is 47.6 Å². The van der Waals surface area contributed by atoms with Crippen molar-refractivity contribution in [2.24, 2.45) is 0 Å². The molecule has 0 spiro atoms. The van der Waals surface area contributed by atoms with Crippen LogP contribution in [0.4, 0.5) is 0 Å². The van der Waals surface area contributed by atoms with Gasteiger partial charge in [-0.1, -0.05) is 64.4 Å². The molecule has 0 aromatic heterocycles. The molecule has 0 aliphatic heterocycles. The summed E-state index contributed by atoms with van der Waals surface area (Å²) in [5.41, 5.74) is 0. The van der Waals surface area contributed by atoms with E-state index in [4.69, 9.17) is 8.85 Å². The highest BCUT2D eigenvalue weighted by Crippen LogP contribution is 2.17. The van der Waals surface area contributed by atoms with Gasteiger partial charge in [0.05, 0.1) is 0 Å². The number of carbonyl (C=O) groups excluding carboxylic acids is 1. The van der Waals surface area contributed by atoms with E-state index in [1.807, 2.05) is 0 Å². The molecule has 0 heterocycles. The van der Waals surface area contributed by atoms with Crippen LogP contribution < -0.4 is 5.32 Å². The van der Waals surface area contributed by atoms with E-state index in [1.54, 1.807) is 14.2 Å². The van der Waals surface area contributed by atoms with Crippen LogP contribution in [-0.4, -0.2) is 34.7 Å². The molecule has 142 valence electrons. The van der Waals surface area contributed by atoms with Gasteiger partial charge in [-0.15, -0.1) is 0 Å². The smallest absolute Gasteiger partial charge is 0.334 e. The van der Waals surface area contributed by atoms with Gasteiger partial charge in [-0.25, -0.2) is 0 Å². The van der Waals surface area contributed by atoms with Crippen molar-refractivity contribution >= 4 is 14.5 Å². The van der Waals surface area contributed by atoms with Gasteiger partial charge in [0.15, 0.2) is 0 Å². The van der Waals surface area contributed by atoms with Gasteiger partial charge in [0.2, 0.25) is 5.91 Å². The zero-order chi connectivity index (χ0) is 18.3. The third kappa shape index (κ3) is 12.7. The maximum absolute atomic E-state index is 11.2. The average Bonchev–Trinajstić information content (AvgIpc) is 2.59. The van der Waals surface area contributed by atoms with Crippen LogP contribution in [0.5, 0.6) is 0 Å². The number of hydrogen-bond donors (Lipinski definition) is 1. The summed E-state index contributed by atoms with van der Waals surface area (Å²) >= 11 is 0. The Morgan fingerprint density at radius 1 is 1.00 bits per heavy atom. The highest BCUT2D eigenvalue weighted by molar-refractivity contribution is 6.65. The maximum Gasteiger partial charge on any atom is 0.334 e. The van der Waals surface area contributed by atoms with Crippen molar-refractivity contribution in [1.82, 2.24) is 5.32 Å². The molecule has 0 aliphatic rings. The van der Waals surface area contributed by atoms with E-state index in [2.05, 4.69) is 25.4 Å². The lowest BCUT2D eigenvalue weighted by atomic mass is 10.0. The van der Waals surface area contributed by atoms with Crippen LogP contribution in [0.15, 0.2) is 12.7 Å². The molecule has 5 heteroatoms. The number of hydrogen-bond acceptors (Lipinski definition) is 3. The van der Waals surface area contributed by atoms with Crippen molar-refractivity contribution in [1.29, 1.82) is 0 Å². The average molecular weight is 358 g/mol. The number of carbonyl (C=O) groups is 1. The van der Waals surface area contributed by atoms with E-state index in [1.165, 1.54) is 63.9 Å². The molecule has 0 saturated heterocycles. The molecule has 0 fully saturated rings. The van der Waals surface area contributed by atoms with Crippen molar-refractivity contribution in [3.05, 3.63) is 12.7 Å². The Kier molecular flexibility index (Phi) is 14.3. The van der Waals surface area contributed by atoms with Crippen LogP contribution in [0.3, 0.4) is 0 Å². The largest absolute Gasteiger partial charge is 0.398 e. The van der Waals surface area contributed by atoms with Crippen molar-refractivity contribution in [3.8, 4) is 0 Å². The molecule has 1 N–H and O–H groups in total. The molecule has 0 aliphatic carbocycles. The number of nitrogens with one attached hydrogen (secondary N) is 1. The molecular weight excluding hydrogens is 318 g/mol. The van der Waals surface area contributed by atoms with Gasteiger partial charge in [0.25, 0.3) is 0 Å². The number of amides is 1. The monoisotopic (exact) mass is 357 g/mol. The molecule has 0 radical (unpaired) electrons. The molecule has 24 heavy (non-hydrogen) atoms. The minimum atomic E-state index is -1.84. The quantitative estimate of drug-likeness (QED) is 0.242. The minimum Gasteiger partial charge on any atom is -0.398 e. The van der Waals surface area contributed by atoms with Crippen LogP contribution in [-0.2, 0) is 13.6 Å². The van der Waals surface area contributed by atoms with E-state index in [0.717, 1.165) is 12.5 Å². The molecule has 1 atom stereocenters. The Morgan fingerprint density at radius 2 is 1.46 bits per heavy atom. The molecule has 0 aromatic carbocycles. The van der Waals surface area contributed by atoms with Crippen molar-refractivity contribution in [2.75, 3.05) is 14.2 Å². The fraction of sp³-hybridized carbons (Fsp3) is 0.842. The Bertz CT molecular complexity index is 333. The predicted molar refractivity (Wildman–Crippen MR) is 104 cm³/mol. The summed E-state index contributed by atoms with van der Waals surface area (Å²) < 4.78 is 11.0. The Hall–Kier alpha value is -0.653. The zero-order valence-electron chi connectivity index (χ0n) is 16.4. The van der Waals surface area contributed by atoms with Crippen molar-refractivity contribution in [2.45, 2.75) is 89.8 Å². The fourth-order valence-corrected chi connectivity index (χ4v) is 4.26. The van der Waals surface area contributed by atoms with Crippen molar-refractivity contribution < 1.29 is 13.6 Å². The molecule has 1 amide bonds. The van der Waals surface area contributed by atoms with E-state index >= 15 is 0 Å². The molecule has 0 rings (SSSR count). The first-order valence-corrected chi connectivity index (χ1v) is 12.0. The van der Waals surface area contributed by atoms with Gasteiger partial charge in [-0.3, -0.25) is 4.79 Å². The summed E-state index contributed by atoms with van der Waals surface area (Å²) in [7, 11) is 1.69. The second-order valence-corrected chi connectivity index (χ2v) is 10.5. The van der Waals surface area contributed by atoms with Crippen LogP contribution >= 0.6 is 0 Å². The summed E-state index contributed by atoms with van der Waals surface area (Å²) in [4.78, 5) is 11.2. The summed E-state index contributed by atoms with van der Waals surface area (Å²) in [5.74, 6) is -0.0681. The van der Waals surface area contributed by atoms with Gasteiger partial charge < -0.3 is 14.2 Å². The predicted octanol–water partition coefficient (Wildman–Crippen LogP) is 4.94. The van der Waals surface area contributed by atoms with Gasteiger partial charge in [-0.05, 0) is 32.0 Å². The molecule has 1 unspecified atom stereocenters. The van der Waals surface area contributed by atoms with Gasteiger partial charge in [0.1, 0.15) is 0 Å². The summed E-state index contributed by atoms with van der Waals surface area (Å²) in [6.07, 6.45) is 14.0. The lowest BCUT2D eigenvalue weighted by Crippen LogP contribution is -2.35. The lowest BCUT2D eigenvalue weighted by molar-refractivity contribution is -0.117. The molecule has 0 bridgehead atoms. The van der Waals surface area contributed by atoms with Crippen molar-refractivity contribution in [3.63, 3.8) is 0 Å². The first kappa shape index (κ1) is 23.3. The second kappa shape index (κ2) is 14.7.